The summed E-state index contributed by atoms with van der Waals surface area (Å²) in [5.74, 6) is 0. The molecule has 0 amide bonds. The van der Waals surface area contributed by atoms with Gasteiger partial charge >= 0.3 is 0 Å². The van der Waals surface area contributed by atoms with Crippen molar-refractivity contribution in [3.8, 4) is 0 Å². The van der Waals surface area contributed by atoms with Crippen molar-refractivity contribution in [2.75, 3.05) is 0 Å². The van der Waals surface area contributed by atoms with Crippen molar-refractivity contribution in [1.29, 1.82) is 0 Å². The third kappa shape index (κ3) is 16.4. The highest BCUT2D eigenvalue weighted by Crippen LogP contribution is 2.18. The minimum Gasteiger partial charge on any atom is -0.0985 e. The van der Waals surface area contributed by atoms with Crippen LogP contribution in [0.25, 0.3) is 0 Å². The normalized spacial score (nSPS) is 11.1. The van der Waals surface area contributed by atoms with Gasteiger partial charge in [-0.05, 0) is 49.1 Å². The van der Waals surface area contributed by atoms with Gasteiger partial charge in [0, 0.05) is 0 Å². The van der Waals surface area contributed by atoms with Crippen LogP contribution in [0.2, 0.25) is 0 Å². The Morgan fingerprint density at radius 3 is 1.57 bits per heavy atom. The van der Waals surface area contributed by atoms with E-state index in [1.807, 2.05) is 67.5 Å². The minimum absolute atomic E-state index is 0.887. The van der Waals surface area contributed by atoms with Crippen LogP contribution in [0.5, 0.6) is 0 Å². The highest BCUT2D eigenvalue weighted by Gasteiger charge is 1.98. The molecule has 0 heterocycles. The van der Waals surface area contributed by atoms with Crippen LogP contribution in [0, 0.1) is 0 Å². The van der Waals surface area contributed by atoms with Crippen molar-refractivity contribution in [1.82, 2.24) is 0 Å². The quantitative estimate of drug-likeness (QED) is 0.431. The zero-order valence-corrected chi connectivity index (χ0v) is 17.2. The predicted molar refractivity (Wildman–Crippen MR) is 114 cm³/mol. The molecule has 132 valence electrons. The first-order chi connectivity index (χ1) is 11.1. The molecule has 0 bridgehead atoms. The van der Waals surface area contributed by atoms with Crippen LogP contribution >= 0.6 is 0 Å². The maximum Gasteiger partial charge on any atom is -0.0190 e. The summed E-state index contributed by atoms with van der Waals surface area (Å²) in [5.41, 5.74) is 4.27. The molecule has 0 aliphatic carbocycles. The van der Waals surface area contributed by atoms with E-state index in [1.165, 1.54) is 11.1 Å². The van der Waals surface area contributed by atoms with E-state index < -0.39 is 0 Å². The lowest BCUT2D eigenvalue weighted by atomic mass is 10.00. The third-order valence-corrected chi connectivity index (χ3v) is 2.45. The molecule has 0 saturated heterocycles. The standard InChI is InChI=1S/C17H22.3C2H6/c1-7-11-12-15(6)17(10-4)13-16(9-3)14(5)8-2;3*1-2/h7-13H,2-3,5H2,1,4,6H3;3*1-2H3/b11-7-,15-12-,16-13-,17-10-;;;. The molecule has 0 radical (unpaired) electrons. The van der Waals surface area contributed by atoms with Crippen molar-refractivity contribution < 1.29 is 0 Å². The van der Waals surface area contributed by atoms with Gasteiger partial charge < -0.3 is 0 Å². The monoisotopic (exact) mass is 316 g/mol. The van der Waals surface area contributed by atoms with Gasteiger partial charge in [0.15, 0.2) is 0 Å². The maximum atomic E-state index is 3.93. The fourth-order valence-corrected chi connectivity index (χ4v) is 1.33. The molecular weight excluding hydrogens is 276 g/mol. The zero-order chi connectivity index (χ0) is 19.3. The second kappa shape index (κ2) is 25.2. The number of hydrogen-bond acceptors (Lipinski definition) is 0. The van der Waals surface area contributed by atoms with Gasteiger partial charge in [0.1, 0.15) is 0 Å². The van der Waals surface area contributed by atoms with Gasteiger partial charge in [-0.2, -0.15) is 0 Å². The Labute approximate surface area is 147 Å². The summed E-state index contributed by atoms with van der Waals surface area (Å²) in [6.07, 6.45) is 13.8. The third-order valence-electron chi connectivity index (χ3n) is 2.45. The largest absolute Gasteiger partial charge is 0.0985 e. The molecule has 0 aromatic heterocycles. The van der Waals surface area contributed by atoms with Gasteiger partial charge in [0.2, 0.25) is 0 Å². The summed E-state index contributed by atoms with van der Waals surface area (Å²) in [6, 6.07) is 0. The molecule has 0 heteroatoms. The minimum atomic E-state index is 0.887. The molecule has 0 spiro atoms. The average molecular weight is 317 g/mol. The van der Waals surface area contributed by atoms with Gasteiger partial charge in [0.05, 0.1) is 0 Å². The Balaban J connectivity index is -0.000000267. The van der Waals surface area contributed by atoms with Crippen LogP contribution in [0.1, 0.15) is 62.3 Å². The van der Waals surface area contributed by atoms with Crippen LogP contribution in [0.3, 0.4) is 0 Å². The second-order valence-electron chi connectivity index (χ2n) is 3.65. The van der Waals surface area contributed by atoms with E-state index in [-0.39, 0.29) is 0 Å². The Kier molecular flexibility index (Phi) is 32.0. The van der Waals surface area contributed by atoms with Crippen LogP contribution in [0.15, 0.2) is 84.6 Å². The van der Waals surface area contributed by atoms with Crippen LogP contribution in [-0.4, -0.2) is 0 Å². The van der Waals surface area contributed by atoms with E-state index in [9.17, 15) is 0 Å². The van der Waals surface area contributed by atoms with Crippen molar-refractivity contribution in [2.45, 2.75) is 62.3 Å². The highest BCUT2D eigenvalue weighted by atomic mass is 14.0. The fraction of sp³-hybridized carbons (Fsp3) is 0.391. The average Bonchev–Trinajstić information content (AvgIpc) is 2.65. The fourth-order valence-electron chi connectivity index (χ4n) is 1.33. The number of rotatable bonds is 6. The second-order valence-corrected chi connectivity index (χ2v) is 3.65. The number of hydrogen-bond donors (Lipinski definition) is 0. The lowest BCUT2D eigenvalue weighted by Gasteiger charge is -2.05. The van der Waals surface area contributed by atoms with Gasteiger partial charge in [-0.25, -0.2) is 0 Å². The van der Waals surface area contributed by atoms with Crippen molar-refractivity contribution in [3.63, 3.8) is 0 Å². The molecule has 0 nitrogen and oxygen atoms in total. The van der Waals surface area contributed by atoms with E-state index in [1.54, 1.807) is 12.2 Å². The zero-order valence-electron chi connectivity index (χ0n) is 17.2. The first-order valence-electron chi connectivity index (χ1n) is 8.72. The summed E-state index contributed by atoms with van der Waals surface area (Å²) >= 11 is 0. The highest BCUT2D eigenvalue weighted by molar-refractivity contribution is 5.51. The summed E-state index contributed by atoms with van der Waals surface area (Å²) in [5, 5.41) is 0. The molecular formula is C23H40. The number of allylic oxidation sites excluding steroid dienone is 11. The predicted octanol–water partition coefficient (Wildman–Crippen LogP) is 8.39. The van der Waals surface area contributed by atoms with E-state index >= 15 is 0 Å². The molecule has 0 rings (SSSR count). The van der Waals surface area contributed by atoms with Crippen molar-refractivity contribution in [3.05, 3.63) is 84.6 Å². The summed E-state index contributed by atoms with van der Waals surface area (Å²) in [6.45, 7) is 29.6. The smallest absolute Gasteiger partial charge is 0.0190 e. The topological polar surface area (TPSA) is 0 Å². The molecule has 0 aliphatic rings. The Morgan fingerprint density at radius 1 is 0.783 bits per heavy atom. The lowest BCUT2D eigenvalue weighted by molar-refractivity contribution is 1.38. The summed E-state index contributed by atoms with van der Waals surface area (Å²) in [7, 11) is 0. The van der Waals surface area contributed by atoms with Crippen LogP contribution < -0.4 is 0 Å². The molecule has 0 saturated carbocycles. The Bertz CT molecular complexity index is 409. The van der Waals surface area contributed by atoms with Crippen LogP contribution in [0.4, 0.5) is 0 Å². The molecule has 0 N–H and O–H groups in total. The summed E-state index contributed by atoms with van der Waals surface area (Å²) < 4.78 is 0. The van der Waals surface area contributed by atoms with E-state index in [0.717, 1.165) is 11.1 Å². The first kappa shape index (κ1) is 29.2. The molecule has 0 aliphatic heterocycles. The van der Waals surface area contributed by atoms with E-state index in [0.29, 0.717) is 0 Å². The van der Waals surface area contributed by atoms with Crippen LogP contribution in [-0.2, 0) is 0 Å². The van der Waals surface area contributed by atoms with Gasteiger partial charge in [-0.3, -0.25) is 0 Å². The lowest BCUT2D eigenvalue weighted by Crippen LogP contribution is -1.86. The Hall–Kier alpha value is -1.82. The maximum absolute atomic E-state index is 3.93. The Morgan fingerprint density at radius 2 is 1.26 bits per heavy atom. The van der Waals surface area contributed by atoms with Gasteiger partial charge in [-0.15, -0.1) is 0 Å². The molecule has 23 heavy (non-hydrogen) atoms. The molecule has 0 aromatic rings. The molecule has 0 aromatic carbocycles. The van der Waals surface area contributed by atoms with E-state index in [2.05, 4.69) is 44.9 Å². The molecule has 0 unspecified atom stereocenters. The van der Waals surface area contributed by atoms with E-state index in [4.69, 9.17) is 0 Å². The van der Waals surface area contributed by atoms with Crippen molar-refractivity contribution in [2.24, 2.45) is 0 Å². The van der Waals surface area contributed by atoms with Gasteiger partial charge in [0.25, 0.3) is 0 Å². The van der Waals surface area contributed by atoms with Crippen molar-refractivity contribution >= 4 is 0 Å². The van der Waals surface area contributed by atoms with Gasteiger partial charge in [-0.1, -0.05) is 97.7 Å². The molecule has 0 fully saturated rings. The SMILES string of the molecule is C=CC(=C)\C(C=C)=C/C(=C/C)C(/C)=C\C=C/C.CC.CC.CC. The molecule has 0 atom stereocenters. The summed E-state index contributed by atoms with van der Waals surface area (Å²) in [4.78, 5) is 0. The first-order valence-corrected chi connectivity index (χ1v) is 8.72.